The molecule has 0 aliphatic rings. The molecule has 28 heavy (non-hydrogen) atoms. The first-order chi connectivity index (χ1) is 13.3. The zero-order chi connectivity index (χ0) is 20.4. The lowest BCUT2D eigenvalue weighted by Gasteiger charge is -2.08. The Bertz CT molecular complexity index is 1010. The van der Waals surface area contributed by atoms with Gasteiger partial charge in [-0.2, -0.15) is 5.10 Å². The highest BCUT2D eigenvalue weighted by atomic mass is 35.5. The largest absolute Gasteiger partial charge is 0.350 e. The van der Waals surface area contributed by atoms with Crippen LogP contribution >= 0.6 is 22.9 Å². The van der Waals surface area contributed by atoms with Crippen molar-refractivity contribution in [3.8, 4) is 5.69 Å². The summed E-state index contributed by atoms with van der Waals surface area (Å²) in [5.41, 5.74) is 5.56. The number of hydrogen-bond donors (Lipinski definition) is 1. The normalized spacial score (nSPS) is 11.2. The van der Waals surface area contributed by atoms with E-state index in [0.717, 1.165) is 38.9 Å². The van der Waals surface area contributed by atoms with Crippen LogP contribution in [0.25, 0.3) is 5.69 Å². The third-order valence-corrected chi connectivity index (χ3v) is 6.31. The van der Waals surface area contributed by atoms with Crippen LogP contribution in [0.3, 0.4) is 0 Å². The molecule has 0 saturated carbocycles. The Kier molecular flexibility index (Phi) is 6.20. The van der Waals surface area contributed by atoms with Gasteiger partial charge in [-0.15, -0.1) is 11.3 Å². The number of aromatic nitrogens is 3. The van der Waals surface area contributed by atoms with Crippen molar-refractivity contribution >= 4 is 28.8 Å². The molecule has 1 N–H and O–H groups in total. The molecule has 0 spiro atoms. The van der Waals surface area contributed by atoms with Crippen LogP contribution in [-0.2, 0) is 17.8 Å². The summed E-state index contributed by atoms with van der Waals surface area (Å²) in [5, 5.41) is 11.4. The Hall–Kier alpha value is -2.18. The van der Waals surface area contributed by atoms with E-state index in [2.05, 4.69) is 29.2 Å². The minimum absolute atomic E-state index is 0.0354. The van der Waals surface area contributed by atoms with Gasteiger partial charge in [-0.1, -0.05) is 31.5 Å². The molecule has 2 heterocycles. The molecule has 0 aliphatic heterocycles. The second kappa shape index (κ2) is 8.45. The first kappa shape index (κ1) is 20.6. The molecule has 0 unspecified atom stereocenters. The van der Waals surface area contributed by atoms with Gasteiger partial charge < -0.3 is 5.32 Å². The zero-order valence-electron chi connectivity index (χ0n) is 16.8. The number of hydrogen-bond acceptors (Lipinski definition) is 4. The highest BCUT2D eigenvalue weighted by molar-refractivity contribution is 7.09. The van der Waals surface area contributed by atoms with Gasteiger partial charge in [0.25, 0.3) is 0 Å². The molecule has 1 amide bonds. The molecule has 0 saturated heterocycles. The van der Waals surface area contributed by atoms with E-state index in [-0.39, 0.29) is 5.91 Å². The van der Waals surface area contributed by atoms with E-state index in [9.17, 15) is 4.79 Å². The van der Waals surface area contributed by atoms with Gasteiger partial charge in [0.05, 0.1) is 35.0 Å². The molecular weight excluding hydrogens is 392 g/mol. The molecule has 1 aromatic carbocycles. The van der Waals surface area contributed by atoms with Crippen LogP contribution < -0.4 is 5.32 Å². The lowest BCUT2D eigenvalue weighted by molar-refractivity contribution is -0.120. The van der Waals surface area contributed by atoms with E-state index in [0.29, 0.717) is 23.9 Å². The maximum Gasteiger partial charge on any atom is 0.224 e. The number of rotatable bonds is 6. The second-order valence-corrected chi connectivity index (χ2v) is 8.58. The van der Waals surface area contributed by atoms with Crippen LogP contribution in [0.15, 0.2) is 23.6 Å². The molecule has 0 bridgehead atoms. The topological polar surface area (TPSA) is 59.8 Å². The van der Waals surface area contributed by atoms with Crippen molar-refractivity contribution in [1.82, 2.24) is 20.1 Å². The van der Waals surface area contributed by atoms with Gasteiger partial charge in [-0.25, -0.2) is 9.67 Å². The van der Waals surface area contributed by atoms with E-state index in [4.69, 9.17) is 11.6 Å². The Morgan fingerprint density at radius 3 is 2.68 bits per heavy atom. The molecule has 3 aromatic rings. The van der Waals surface area contributed by atoms with Crippen LogP contribution in [0.2, 0.25) is 5.02 Å². The lowest BCUT2D eigenvalue weighted by Crippen LogP contribution is -2.25. The number of aryl methyl sites for hydroxylation is 2. The number of halogens is 1. The Labute approximate surface area is 174 Å². The zero-order valence-corrected chi connectivity index (χ0v) is 18.4. The van der Waals surface area contributed by atoms with Gasteiger partial charge in [0.2, 0.25) is 5.91 Å². The summed E-state index contributed by atoms with van der Waals surface area (Å²) in [6.45, 7) is 10.6. The quantitative estimate of drug-likeness (QED) is 0.622. The van der Waals surface area contributed by atoms with E-state index in [1.165, 1.54) is 0 Å². The Morgan fingerprint density at radius 1 is 1.29 bits per heavy atom. The number of benzene rings is 1. The van der Waals surface area contributed by atoms with Crippen molar-refractivity contribution in [2.24, 2.45) is 0 Å². The van der Waals surface area contributed by atoms with Crippen LogP contribution in [0, 0.1) is 20.8 Å². The van der Waals surface area contributed by atoms with Gasteiger partial charge in [0.1, 0.15) is 0 Å². The minimum Gasteiger partial charge on any atom is -0.350 e. The molecule has 3 rings (SSSR count). The molecule has 148 valence electrons. The third-order valence-electron chi connectivity index (χ3n) is 4.71. The van der Waals surface area contributed by atoms with Crippen molar-refractivity contribution in [2.45, 2.75) is 53.5 Å². The van der Waals surface area contributed by atoms with E-state index in [1.807, 2.05) is 49.0 Å². The monoisotopic (exact) mass is 416 g/mol. The van der Waals surface area contributed by atoms with Crippen molar-refractivity contribution in [3.63, 3.8) is 0 Å². The van der Waals surface area contributed by atoms with E-state index < -0.39 is 0 Å². The summed E-state index contributed by atoms with van der Waals surface area (Å²) in [7, 11) is 0. The number of amides is 1. The smallest absolute Gasteiger partial charge is 0.224 e. The summed E-state index contributed by atoms with van der Waals surface area (Å²) in [4.78, 5) is 17.0. The van der Waals surface area contributed by atoms with Gasteiger partial charge in [-0.3, -0.25) is 4.79 Å². The maximum atomic E-state index is 12.5. The number of carbonyl (C=O) groups is 1. The molecule has 0 aliphatic carbocycles. The molecule has 0 radical (unpaired) electrons. The molecule has 7 heteroatoms. The third kappa shape index (κ3) is 4.45. The molecule has 2 aromatic heterocycles. The molecule has 5 nitrogen and oxygen atoms in total. The first-order valence-electron chi connectivity index (χ1n) is 9.29. The van der Waals surface area contributed by atoms with Gasteiger partial charge >= 0.3 is 0 Å². The van der Waals surface area contributed by atoms with Gasteiger partial charge in [0, 0.05) is 27.6 Å². The fourth-order valence-electron chi connectivity index (χ4n) is 2.98. The summed E-state index contributed by atoms with van der Waals surface area (Å²) < 4.78 is 1.85. The Balaban J connectivity index is 1.70. The predicted molar refractivity (Wildman–Crippen MR) is 115 cm³/mol. The standard InChI is InChI=1S/C21H25ClN4OS/c1-12(2)21-24-16(11-28-21)10-23-20(27)9-18-14(4)25-26(15(18)5)17-7-6-13(3)19(22)8-17/h6-8,11-12H,9-10H2,1-5H3,(H,23,27). The average molecular weight is 417 g/mol. The molecule has 0 fully saturated rings. The highest BCUT2D eigenvalue weighted by Crippen LogP contribution is 2.23. The van der Waals surface area contributed by atoms with Crippen LogP contribution in [0.5, 0.6) is 0 Å². The van der Waals surface area contributed by atoms with Crippen molar-refractivity contribution in [2.75, 3.05) is 0 Å². The average Bonchev–Trinajstić information content (AvgIpc) is 3.23. The summed E-state index contributed by atoms with van der Waals surface area (Å²) in [6, 6.07) is 5.85. The van der Waals surface area contributed by atoms with Crippen LogP contribution in [-0.4, -0.2) is 20.7 Å². The lowest BCUT2D eigenvalue weighted by atomic mass is 10.1. The van der Waals surface area contributed by atoms with Crippen molar-refractivity contribution < 1.29 is 4.79 Å². The van der Waals surface area contributed by atoms with Crippen LogP contribution in [0.4, 0.5) is 0 Å². The SMILES string of the molecule is Cc1ccc(-n2nc(C)c(CC(=O)NCc3csc(C(C)C)n3)c2C)cc1Cl. The Morgan fingerprint density at radius 2 is 2.04 bits per heavy atom. The summed E-state index contributed by atoms with van der Waals surface area (Å²) >= 11 is 7.89. The second-order valence-electron chi connectivity index (χ2n) is 7.28. The molecular formula is C21H25ClN4OS. The van der Waals surface area contributed by atoms with E-state index >= 15 is 0 Å². The number of carbonyl (C=O) groups excluding carboxylic acids is 1. The van der Waals surface area contributed by atoms with Crippen molar-refractivity contribution in [1.29, 1.82) is 0 Å². The number of thiazole rings is 1. The highest BCUT2D eigenvalue weighted by Gasteiger charge is 2.17. The summed E-state index contributed by atoms with van der Waals surface area (Å²) in [5.74, 6) is 0.368. The fraction of sp³-hybridized carbons (Fsp3) is 0.381. The number of nitrogens with zero attached hydrogens (tertiary/aromatic N) is 3. The van der Waals surface area contributed by atoms with Crippen molar-refractivity contribution in [3.05, 3.63) is 61.8 Å². The van der Waals surface area contributed by atoms with Gasteiger partial charge in [0.15, 0.2) is 0 Å². The fourth-order valence-corrected chi connectivity index (χ4v) is 3.99. The predicted octanol–water partition coefficient (Wildman–Crippen LogP) is 4.89. The van der Waals surface area contributed by atoms with Crippen LogP contribution in [0.1, 0.15) is 53.0 Å². The minimum atomic E-state index is -0.0354. The number of nitrogens with one attached hydrogen (secondary N) is 1. The van der Waals surface area contributed by atoms with Gasteiger partial charge in [-0.05, 0) is 38.5 Å². The first-order valence-corrected chi connectivity index (χ1v) is 10.5. The maximum absolute atomic E-state index is 12.5. The summed E-state index contributed by atoms with van der Waals surface area (Å²) in [6.07, 6.45) is 0.290. The molecule has 0 atom stereocenters. The van der Waals surface area contributed by atoms with E-state index in [1.54, 1.807) is 11.3 Å².